The van der Waals surface area contributed by atoms with Crippen LogP contribution in [0.25, 0.3) is 0 Å². The average Bonchev–Trinajstić information content (AvgIpc) is 2.91. The number of allylic oxidation sites excluding steroid dienone is 2. The minimum Gasteiger partial charge on any atom is -0.481 e. The number of hydrogen-bond donors (Lipinski definition) is 4. The van der Waals surface area contributed by atoms with Crippen molar-refractivity contribution in [3.05, 3.63) is 11.1 Å². The first-order valence-electron chi connectivity index (χ1n) is 16.8. The van der Waals surface area contributed by atoms with Gasteiger partial charge >= 0.3 is 5.97 Å². The second-order valence-electron chi connectivity index (χ2n) is 17.2. The van der Waals surface area contributed by atoms with Crippen LogP contribution in [0.15, 0.2) is 11.1 Å². The van der Waals surface area contributed by atoms with E-state index in [1.807, 2.05) is 0 Å². The molecule has 3 saturated carbocycles. The molecule has 4 N–H and O–H groups in total. The van der Waals surface area contributed by atoms with E-state index >= 15 is 0 Å². The number of carbonyl (C=O) groups is 1. The number of aliphatic hydroxyl groups excluding tert-OH is 3. The number of carboxylic acids is 1. The van der Waals surface area contributed by atoms with Gasteiger partial charge in [-0.1, -0.05) is 52.7 Å². The lowest BCUT2D eigenvalue weighted by atomic mass is 9.38. The monoisotopic (exact) mass is 588 g/mol. The van der Waals surface area contributed by atoms with Gasteiger partial charge in [0.25, 0.3) is 0 Å². The maximum Gasteiger partial charge on any atom is 0.310 e. The van der Waals surface area contributed by atoms with Crippen LogP contribution in [-0.2, 0) is 14.3 Å². The Balaban J connectivity index is 1.27. The fraction of sp³-hybridized carbons (Fsp3) is 0.914. The molecule has 0 bridgehead atoms. The number of hydrogen-bond acceptors (Lipinski definition) is 6. The summed E-state index contributed by atoms with van der Waals surface area (Å²) in [5.41, 5.74) is 2.83. The normalized spacial score (nSPS) is 51.5. The lowest BCUT2D eigenvalue weighted by Gasteiger charge is -2.67. The second kappa shape index (κ2) is 10.0. The van der Waals surface area contributed by atoms with Crippen LogP contribution in [0, 0.1) is 44.8 Å². The van der Waals surface area contributed by atoms with Crippen molar-refractivity contribution in [1.29, 1.82) is 0 Å². The second-order valence-corrected chi connectivity index (χ2v) is 17.2. The van der Waals surface area contributed by atoms with Crippen LogP contribution in [0.1, 0.15) is 119 Å². The van der Waals surface area contributed by atoms with Gasteiger partial charge in [0.1, 0.15) is 18.3 Å². The third-order valence-electron chi connectivity index (χ3n) is 14.2. The lowest BCUT2D eigenvalue weighted by Crippen LogP contribution is -2.63. The molecule has 0 aromatic rings. The molecule has 7 nitrogen and oxygen atoms in total. The van der Waals surface area contributed by atoms with Crippen LogP contribution in [0.3, 0.4) is 0 Å². The van der Waals surface area contributed by atoms with Crippen molar-refractivity contribution in [2.75, 3.05) is 0 Å². The smallest absolute Gasteiger partial charge is 0.310 e. The van der Waals surface area contributed by atoms with Crippen LogP contribution < -0.4 is 0 Å². The van der Waals surface area contributed by atoms with E-state index in [0.29, 0.717) is 11.8 Å². The Morgan fingerprint density at radius 1 is 0.833 bits per heavy atom. The molecule has 4 fully saturated rings. The molecule has 42 heavy (non-hydrogen) atoms. The van der Waals surface area contributed by atoms with Crippen molar-refractivity contribution < 1.29 is 34.7 Å². The third kappa shape index (κ3) is 4.34. The molecule has 6 rings (SSSR count). The Morgan fingerprint density at radius 2 is 1.55 bits per heavy atom. The van der Waals surface area contributed by atoms with Gasteiger partial charge in [-0.2, -0.15) is 0 Å². The molecule has 0 unspecified atom stereocenters. The van der Waals surface area contributed by atoms with Crippen LogP contribution >= 0.6 is 0 Å². The largest absolute Gasteiger partial charge is 0.481 e. The first-order valence-corrected chi connectivity index (χ1v) is 16.8. The summed E-state index contributed by atoms with van der Waals surface area (Å²) in [5.74, 6) is 0.587. The molecule has 0 aromatic carbocycles. The zero-order valence-corrected chi connectivity index (χ0v) is 27.0. The molecule has 0 amide bonds. The van der Waals surface area contributed by atoms with Gasteiger partial charge in [0, 0.05) is 0 Å². The van der Waals surface area contributed by atoms with Crippen LogP contribution in [0.4, 0.5) is 0 Å². The summed E-state index contributed by atoms with van der Waals surface area (Å²) < 4.78 is 12.3. The molecule has 6 aliphatic rings. The van der Waals surface area contributed by atoms with E-state index in [4.69, 9.17) is 9.47 Å². The molecule has 238 valence electrons. The van der Waals surface area contributed by atoms with Crippen LogP contribution in [-0.4, -0.2) is 63.2 Å². The van der Waals surface area contributed by atoms with Gasteiger partial charge in [-0.3, -0.25) is 4.79 Å². The summed E-state index contributed by atoms with van der Waals surface area (Å²) in [5, 5.41) is 41.8. The third-order valence-corrected chi connectivity index (χ3v) is 14.2. The Morgan fingerprint density at radius 3 is 2.24 bits per heavy atom. The topological polar surface area (TPSA) is 116 Å². The number of ether oxygens (including phenoxy) is 2. The summed E-state index contributed by atoms with van der Waals surface area (Å²) in [6, 6.07) is 0. The molecule has 7 heteroatoms. The highest BCUT2D eigenvalue weighted by Crippen LogP contribution is 2.71. The first kappa shape index (κ1) is 31.0. The lowest BCUT2D eigenvalue weighted by molar-refractivity contribution is -0.323. The standard InChI is InChI=1S/C35H56O7/c1-19-26(36)27(37)28(38)29(41-19)42-25-12-14-34(7)23(32(25,4)5)11-13-33(6)21-10-15-35(30(39)40)17-16-31(2,3)18-22(35)20(21)8-9-24(33)34/h19,22-29,36-38H,8-18H2,1-7H3,(H,39,40)/t19-,22+,23+,24+,25+,26+,27+,28-,29+,33+,34+,35-/m1/s1. The molecule has 0 aromatic heterocycles. The molecule has 5 aliphatic carbocycles. The number of carboxylic acid groups (broad SMARTS) is 1. The molecule has 0 radical (unpaired) electrons. The van der Waals surface area contributed by atoms with Gasteiger partial charge < -0.3 is 29.9 Å². The van der Waals surface area contributed by atoms with Crippen molar-refractivity contribution in [2.24, 2.45) is 44.8 Å². The van der Waals surface area contributed by atoms with E-state index in [1.165, 1.54) is 5.57 Å². The quantitative estimate of drug-likeness (QED) is 0.242. The number of aliphatic carboxylic acids is 1. The summed E-state index contributed by atoms with van der Waals surface area (Å²) in [7, 11) is 0. The summed E-state index contributed by atoms with van der Waals surface area (Å²) in [6.45, 7) is 16.0. The summed E-state index contributed by atoms with van der Waals surface area (Å²) in [6.07, 6.45) is 5.38. The number of rotatable bonds is 3. The molecular formula is C35H56O7. The Hall–Kier alpha value is -0.990. The van der Waals surface area contributed by atoms with Crippen LogP contribution in [0.2, 0.25) is 0 Å². The average molecular weight is 589 g/mol. The SMILES string of the molecule is C[C@H]1O[C@@H](O[C@H]2CC[C@]3(C)[C@H]4CCC5=C(CC[C@@]6(C(=O)O)CCC(C)(C)C[C@@H]56)[C@]4(C)CC[C@H]3C2(C)C)[C@H](O)[C@@H](O)[C@H]1O. The predicted octanol–water partition coefficient (Wildman–Crippen LogP) is 5.84. The van der Waals surface area contributed by atoms with Crippen molar-refractivity contribution in [2.45, 2.75) is 156 Å². The maximum atomic E-state index is 12.8. The molecule has 0 spiro atoms. The van der Waals surface area contributed by atoms with E-state index in [2.05, 4.69) is 41.5 Å². The van der Waals surface area contributed by atoms with Gasteiger partial charge in [0.2, 0.25) is 0 Å². The zero-order valence-electron chi connectivity index (χ0n) is 27.0. The molecular weight excluding hydrogens is 532 g/mol. The van der Waals surface area contributed by atoms with E-state index in [9.17, 15) is 25.2 Å². The highest BCUT2D eigenvalue weighted by Gasteiger charge is 2.65. The first-order chi connectivity index (χ1) is 19.5. The minimum atomic E-state index is -1.29. The highest BCUT2D eigenvalue weighted by atomic mass is 16.7. The summed E-state index contributed by atoms with van der Waals surface area (Å²) in [4.78, 5) is 12.8. The Bertz CT molecular complexity index is 1130. The molecule has 1 aliphatic heterocycles. The number of fused-ring (bicyclic) bond motifs is 6. The van der Waals surface area contributed by atoms with Crippen molar-refractivity contribution in [1.82, 2.24) is 0 Å². The zero-order chi connectivity index (χ0) is 30.6. The molecule has 1 saturated heterocycles. The van der Waals surface area contributed by atoms with E-state index in [1.54, 1.807) is 12.5 Å². The van der Waals surface area contributed by atoms with Gasteiger partial charge in [-0.05, 0) is 117 Å². The van der Waals surface area contributed by atoms with E-state index in [-0.39, 0.29) is 33.7 Å². The van der Waals surface area contributed by atoms with Gasteiger partial charge in [-0.15, -0.1) is 0 Å². The Labute approximate surface area is 252 Å². The fourth-order valence-electron chi connectivity index (χ4n) is 11.8. The van der Waals surface area contributed by atoms with Crippen molar-refractivity contribution in [3.63, 3.8) is 0 Å². The van der Waals surface area contributed by atoms with E-state index in [0.717, 1.165) is 70.6 Å². The van der Waals surface area contributed by atoms with Crippen molar-refractivity contribution >= 4 is 5.97 Å². The van der Waals surface area contributed by atoms with E-state index < -0.39 is 42.1 Å². The molecule has 1 heterocycles. The minimum absolute atomic E-state index is 0.104. The molecule has 12 atom stereocenters. The summed E-state index contributed by atoms with van der Waals surface area (Å²) >= 11 is 0. The van der Waals surface area contributed by atoms with Gasteiger partial charge in [-0.25, -0.2) is 0 Å². The van der Waals surface area contributed by atoms with Gasteiger partial charge in [0.15, 0.2) is 6.29 Å². The predicted molar refractivity (Wildman–Crippen MR) is 159 cm³/mol. The van der Waals surface area contributed by atoms with Crippen molar-refractivity contribution in [3.8, 4) is 0 Å². The highest BCUT2D eigenvalue weighted by molar-refractivity contribution is 5.76. The number of aliphatic hydroxyl groups is 3. The fourth-order valence-corrected chi connectivity index (χ4v) is 11.8. The van der Waals surface area contributed by atoms with Gasteiger partial charge in [0.05, 0.1) is 17.6 Å². The maximum absolute atomic E-state index is 12.8. The Kier molecular flexibility index (Phi) is 7.39. The van der Waals surface area contributed by atoms with Crippen LogP contribution in [0.5, 0.6) is 0 Å².